The van der Waals surface area contributed by atoms with E-state index in [0.717, 1.165) is 18.4 Å². The van der Waals surface area contributed by atoms with Gasteiger partial charge in [-0.3, -0.25) is 4.79 Å². The maximum atomic E-state index is 11.3. The second-order valence-corrected chi connectivity index (χ2v) is 3.68. The van der Waals surface area contributed by atoms with Crippen molar-refractivity contribution in [1.82, 2.24) is 0 Å². The largest absolute Gasteiger partial charge is 0.490 e. The number of hydrogen-bond donors (Lipinski definition) is 2. The first kappa shape index (κ1) is 9.98. The molecule has 0 saturated heterocycles. The van der Waals surface area contributed by atoms with Gasteiger partial charge in [-0.25, -0.2) is 0 Å². The molecule has 1 aliphatic rings. The van der Waals surface area contributed by atoms with Crippen molar-refractivity contribution in [2.24, 2.45) is 11.5 Å². The molecule has 4 N–H and O–H groups in total. The highest BCUT2D eigenvalue weighted by atomic mass is 16.5. The Kier molecular flexibility index (Phi) is 2.60. The van der Waals surface area contributed by atoms with Crippen LogP contribution in [0.15, 0.2) is 18.2 Å². The summed E-state index contributed by atoms with van der Waals surface area (Å²) in [6.07, 6.45) is 2.34. The molecule has 0 atom stereocenters. The number of primary amides is 1. The van der Waals surface area contributed by atoms with Gasteiger partial charge < -0.3 is 16.2 Å². The summed E-state index contributed by atoms with van der Waals surface area (Å²) in [7, 11) is 0. The molecule has 0 heterocycles. The fourth-order valence-corrected chi connectivity index (χ4v) is 1.49. The van der Waals surface area contributed by atoms with Crippen molar-refractivity contribution in [1.29, 1.82) is 0 Å². The minimum atomic E-state index is -0.480. The number of amides is 1. The Bertz CT molecular complexity index is 386. The minimum Gasteiger partial charge on any atom is -0.490 e. The van der Waals surface area contributed by atoms with Crippen LogP contribution in [0.1, 0.15) is 28.8 Å². The Balaban J connectivity index is 2.37. The Morgan fingerprint density at radius 2 is 2.20 bits per heavy atom. The first-order valence-corrected chi connectivity index (χ1v) is 5.00. The van der Waals surface area contributed by atoms with Crippen molar-refractivity contribution in [3.8, 4) is 5.75 Å². The van der Waals surface area contributed by atoms with Gasteiger partial charge in [-0.2, -0.15) is 0 Å². The molecule has 0 aliphatic heterocycles. The third-order valence-corrected chi connectivity index (χ3v) is 2.40. The molecule has 80 valence electrons. The zero-order valence-electron chi connectivity index (χ0n) is 8.40. The number of carbonyl (C=O) groups is 1. The molecule has 0 bridgehead atoms. The van der Waals surface area contributed by atoms with Crippen molar-refractivity contribution in [3.05, 3.63) is 29.3 Å². The summed E-state index contributed by atoms with van der Waals surface area (Å²) in [4.78, 5) is 11.3. The average molecular weight is 206 g/mol. The minimum absolute atomic E-state index is 0.246. The normalized spacial score (nSPS) is 15.0. The van der Waals surface area contributed by atoms with Gasteiger partial charge in [0.25, 0.3) is 5.91 Å². The summed E-state index contributed by atoms with van der Waals surface area (Å²) in [5.41, 5.74) is 12.0. The van der Waals surface area contributed by atoms with Crippen LogP contribution in [0.4, 0.5) is 0 Å². The third kappa shape index (κ3) is 2.10. The lowest BCUT2D eigenvalue weighted by atomic mass is 10.1. The fourth-order valence-electron chi connectivity index (χ4n) is 1.49. The molecule has 15 heavy (non-hydrogen) atoms. The van der Waals surface area contributed by atoms with Crippen LogP contribution in [0, 0.1) is 0 Å². The Morgan fingerprint density at radius 1 is 1.47 bits per heavy atom. The number of ether oxygens (including phenoxy) is 1. The lowest BCUT2D eigenvalue weighted by molar-refractivity contribution is 0.0995. The predicted octanol–water partition coefficient (Wildman–Crippen LogP) is 0.785. The maximum Gasteiger partial charge on any atom is 0.252 e. The van der Waals surface area contributed by atoms with E-state index in [9.17, 15) is 4.79 Å². The van der Waals surface area contributed by atoms with Crippen molar-refractivity contribution >= 4 is 5.91 Å². The van der Waals surface area contributed by atoms with Gasteiger partial charge in [0.05, 0.1) is 11.7 Å². The first-order valence-electron chi connectivity index (χ1n) is 5.00. The van der Waals surface area contributed by atoms with E-state index in [0.29, 0.717) is 17.9 Å². The summed E-state index contributed by atoms with van der Waals surface area (Å²) >= 11 is 0. The monoisotopic (exact) mass is 206 g/mol. The number of hydrogen-bond acceptors (Lipinski definition) is 3. The van der Waals surface area contributed by atoms with Gasteiger partial charge in [-0.05, 0) is 24.5 Å². The molecule has 0 aromatic heterocycles. The van der Waals surface area contributed by atoms with E-state index >= 15 is 0 Å². The molecule has 2 rings (SSSR count). The number of benzene rings is 1. The highest BCUT2D eigenvalue weighted by molar-refractivity contribution is 5.97. The summed E-state index contributed by atoms with van der Waals surface area (Å²) in [6.45, 7) is 0.292. The molecule has 1 aromatic carbocycles. The van der Waals surface area contributed by atoms with E-state index < -0.39 is 5.91 Å². The SMILES string of the molecule is NCc1cccc(OC2CC2)c1C(N)=O. The van der Waals surface area contributed by atoms with Crippen LogP contribution in [-0.2, 0) is 6.54 Å². The van der Waals surface area contributed by atoms with Gasteiger partial charge in [0.2, 0.25) is 0 Å². The molecule has 1 saturated carbocycles. The highest BCUT2D eigenvalue weighted by Gasteiger charge is 2.26. The summed E-state index contributed by atoms with van der Waals surface area (Å²) in [5, 5.41) is 0. The van der Waals surface area contributed by atoms with Crippen molar-refractivity contribution in [3.63, 3.8) is 0 Å². The standard InChI is InChI=1S/C11H14N2O2/c12-6-7-2-1-3-9(10(7)11(13)14)15-8-4-5-8/h1-3,8H,4-6,12H2,(H2,13,14). The summed E-state index contributed by atoms with van der Waals surface area (Å²) in [6, 6.07) is 5.38. The number of nitrogens with two attached hydrogens (primary N) is 2. The average Bonchev–Trinajstić information content (AvgIpc) is 3.01. The smallest absolute Gasteiger partial charge is 0.252 e. The van der Waals surface area contributed by atoms with Gasteiger partial charge in [0, 0.05) is 6.54 Å². The number of rotatable bonds is 4. The van der Waals surface area contributed by atoms with Crippen LogP contribution in [0.3, 0.4) is 0 Å². The van der Waals surface area contributed by atoms with Gasteiger partial charge in [0.1, 0.15) is 5.75 Å². The molecule has 1 aromatic rings. The Morgan fingerprint density at radius 3 is 2.73 bits per heavy atom. The predicted molar refractivity (Wildman–Crippen MR) is 56.5 cm³/mol. The lowest BCUT2D eigenvalue weighted by Gasteiger charge is -2.11. The second kappa shape index (κ2) is 3.90. The molecule has 0 radical (unpaired) electrons. The molecule has 0 unspecified atom stereocenters. The number of carbonyl (C=O) groups excluding carboxylic acids is 1. The molecule has 0 spiro atoms. The molecule has 1 fully saturated rings. The first-order chi connectivity index (χ1) is 7.22. The lowest BCUT2D eigenvalue weighted by Crippen LogP contribution is -2.17. The van der Waals surface area contributed by atoms with Crippen LogP contribution in [0.25, 0.3) is 0 Å². The summed E-state index contributed by atoms with van der Waals surface area (Å²) < 4.78 is 5.60. The fraction of sp³-hybridized carbons (Fsp3) is 0.364. The third-order valence-electron chi connectivity index (χ3n) is 2.40. The molecular weight excluding hydrogens is 192 g/mol. The zero-order valence-corrected chi connectivity index (χ0v) is 8.40. The topological polar surface area (TPSA) is 78.3 Å². The Labute approximate surface area is 88.2 Å². The quantitative estimate of drug-likeness (QED) is 0.764. The van der Waals surface area contributed by atoms with E-state index in [1.54, 1.807) is 12.1 Å². The Hall–Kier alpha value is -1.55. The zero-order chi connectivity index (χ0) is 10.8. The second-order valence-electron chi connectivity index (χ2n) is 3.68. The van der Waals surface area contributed by atoms with E-state index in [1.165, 1.54) is 0 Å². The molecule has 1 amide bonds. The molecule has 4 nitrogen and oxygen atoms in total. The van der Waals surface area contributed by atoms with Gasteiger partial charge in [-0.1, -0.05) is 12.1 Å². The molecular formula is C11H14N2O2. The van der Waals surface area contributed by atoms with E-state index in [4.69, 9.17) is 16.2 Å². The van der Waals surface area contributed by atoms with E-state index in [1.807, 2.05) is 6.07 Å². The molecule has 4 heteroatoms. The van der Waals surface area contributed by atoms with Crippen LogP contribution in [0.2, 0.25) is 0 Å². The van der Waals surface area contributed by atoms with Crippen molar-refractivity contribution in [2.45, 2.75) is 25.5 Å². The highest BCUT2D eigenvalue weighted by Crippen LogP contribution is 2.30. The summed E-state index contributed by atoms with van der Waals surface area (Å²) in [5.74, 6) is 0.0830. The van der Waals surface area contributed by atoms with Gasteiger partial charge >= 0.3 is 0 Å². The van der Waals surface area contributed by atoms with Crippen LogP contribution >= 0.6 is 0 Å². The van der Waals surface area contributed by atoms with Crippen LogP contribution in [0.5, 0.6) is 5.75 Å². The van der Waals surface area contributed by atoms with E-state index in [-0.39, 0.29) is 6.10 Å². The maximum absolute atomic E-state index is 11.3. The van der Waals surface area contributed by atoms with Gasteiger partial charge in [0.15, 0.2) is 0 Å². The van der Waals surface area contributed by atoms with Crippen molar-refractivity contribution in [2.75, 3.05) is 0 Å². The van der Waals surface area contributed by atoms with Crippen LogP contribution in [-0.4, -0.2) is 12.0 Å². The van der Waals surface area contributed by atoms with E-state index in [2.05, 4.69) is 0 Å². The van der Waals surface area contributed by atoms with Gasteiger partial charge in [-0.15, -0.1) is 0 Å². The van der Waals surface area contributed by atoms with Crippen LogP contribution < -0.4 is 16.2 Å². The van der Waals surface area contributed by atoms with Crippen molar-refractivity contribution < 1.29 is 9.53 Å². The molecule has 1 aliphatic carbocycles.